The number of rotatable bonds is 8. The van der Waals surface area contributed by atoms with Crippen LogP contribution in [0.15, 0.2) is 60.7 Å². The molecular weight excluding hydrogens is 351 g/mol. The van der Waals surface area contributed by atoms with Crippen molar-refractivity contribution in [2.45, 2.75) is 32.2 Å². The molecular formula is C24H29FN2O. The molecule has 1 aliphatic heterocycles. The highest BCUT2D eigenvalue weighted by Crippen LogP contribution is 2.21. The molecule has 0 spiro atoms. The van der Waals surface area contributed by atoms with Gasteiger partial charge in [0.1, 0.15) is 5.82 Å². The highest BCUT2D eigenvalue weighted by atomic mass is 19.1. The fraction of sp³-hybridized carbons (Fsp3) is 0.375. The Morgan fingerprint density at radius 1 is 1.14 bits per heavy atom. The summed E-state index contributed by atoms with van der Waals surface area (Å²) in [5, 5.41) is 2.84. The van der Waals surface area contributed by atoms with Crippen LogP contribution in [0.3, 0.4) is 0 Å². The van der Waals surface area contributed by atoms with Gasteiger partial charge in [0.05, 0.1) is 0 Å². The van der Waals surface area contributed by atoms with Crippen molar-refractivity contribution in [2.24, 2.45) is 5.92 Å². The van der Waals surface area contributed by atoms with Crippen molar-refractivity contribution in [2.75, 3.05) is 19.6 Å². The molecule has 1 N–H and O–H groups in total. The molecule has 2 aromatic carbocycles. The highest BCUT2D eigenvalue weighted by molar-refractivity contribution is 5.75. The largest absolute Gasteiger partial charge is 0.352 e. The van der Waals surface area contributed by atoms with Crippen LogP contribution in [0, 0.1) is 11.7 Å². The predicted octanol–water partition coefficient (Wildman–Crippen LogP) is 4.65. The summed E-state index contributed by atoms with van der Waals surface area (Å²) in [7, 11) is 0. The molecule has 28 heavy (non-hydrogen) atoms. The third-order valence-electron chi connectivity index (χ3n) is 5.29. The van der Waals surface area contributed by atoms with Gasteiger partial charge in [-0.2, -0.15) is 0 Å². The second kappa shape index (κ2) is 10.8. The lowest BCUT2D eigenvalue weighted by atomic mass is 9.93. The van der Waals surface area contributed by atoms with Gasteiger partial charge in [0.2, 0.25) is 5.91 Å². The zero-order valence-electron chi connectivity index (χ0n) is 16.3. The van der Waals surface area contributed by atoms with Crippen LogP contribution in [0.2, 0.25) is 0 Å². The molecule has 0 aliphatic carbocycles. The van der Waals surface area contributed by atoms with Gasteiger partial charge in [-0.05, 0) is 43.4 Å². The molecule has 1 atom stereocenters. The Balaban J connectivity index is 1.37. The second-order valence-corrected chi connectivity index (χ2v) is 7.49. The summed E-state index contributed by atoms with van der Waals surface area (Å²) in [6, 6.07) is 16.9. The van der Waals surface area contributed by atoms with E-state index < -0.39 is 0 Å². The molecule has 1 heterocycles. The summed E-state index contributed by atoms with van der Waals surface area (Å²) in [5.74, 6) is 0.289. The van der Waals surface area contributed by atoms with Gasteiger partial charge in [-0.3, -0.25) is 9.69 Å². The normalized spacial score (nSPS) is 17.7. The number of hydrogen-bond donors (Lipinski definition) is 1. The molecule has 1 saturated heterocycles. The molecule has 0 radical (unpaired) electrons. The number of amides is 1. The van der Waals surface area contributed by atoms with Crippen LogP contribution in [0.25, 0.3) is 6.08 Å². The van der Waals surface area contributed by atoms with E-state index in [1.807, 2.05) is 18.2 Å². The van der Waals surface area contributed by atoms with E-state index in [0.717, 1.165) is 26.1 Å². The van der Waals surface area contributed by atoms with Gasteiger partial charge in [-0.15, -0.1) is 0 Å². The molecule has 148 valence electrons. The van der Waals surface area contributed by atoms with Crippen molar-refractivity contribution in [1.82, 2.24) is 10.2 Å². The van der Waals surface area contributed by atoms with Crippen molar-refractivity contribution >= 4 is 12.0 Å². The molecule has 1 aliphatic rings. The number of likely N-dealkylation sites (tertiary alicyclic amines) is 1. The van der Waals surface area contributed by atoms with Gasteiger partial charge in [-0.1, -0.05) is 60.7 Å². The number of halogens is 1. The van der Waals surface area contributed by atoms with Crippen LogP contribution >= 0.6 is 0 Å². The molecule has 0 saturated carbocycles. The Morgan fingerprint density at radius 3 is 2.75 bits per heavy atom. The topological polar surface area (TPSA) is 32.3 Å². The fourth-order valence-corrected chi connectivity index (χ4v) is 3.71. The monoisotopic (exact) mass is 380 g/mol. The Morgan fingerprint density at radius 2 is 1.93 bits per heavy atom. The number of carbonyl (C=O) groups excluding carboxylic acids is 1. The average Bonchev–Trinajstić information content (AvgIpc) is 2.73. The number of hydrogen-bond acceptors (Lipinski definition) is 2. The van der Waals surface area contributed by atoms with Gasteiger partial charge in [-0.25, -0.2) is 4.39 Å². The van der Waals surface area contributed by atoms with Crippen molar-refractivity contribution in [3.05, 3.63) is 77.6 Å². The minimum atomic E-state index is -0.269. The van der Waals surface area contributed by atoms with Gasteiger partial charge < -0.3 is 5.32 Å². The number of nitrogens with zero attached hydrogens (tertiary/aromatic N) is 1. The fourth-order valence-electron chi connectivity index (χ4n) is 3.71. The lowest BCUT2D eigenvalue weighted by molar-refractivity contribution is -0.121. The number of carbonyl (C=O) groups is 1. The second-order valence-electron chi connectivity index (χ2n) is 7.49. The Labute approximate surface area is 167 Å². The predicted molar refractivity (Wildman–Crippen MR) is 112 cm³/mol. The summed E-state index contributed by atoms with van der Waals surface area (Å²) < 4.78 is 13.6. The van der Waals surface area contributed by atoms with E-state index >= 15 is 0 Å². The SMILES string of the molecule is O=C(CC[C@H]1CCCN(C/C=C/c2ccccc2)C1)NCc1ccccc1F. The Bertz CT molecular complexity index is 775. The molecule has 3 nitrogen and oxygen atoms in total. The molecule has 0 bridgehead atoms. The maximum Gasteiger partial charge on any atom is 0.220 e. The first kappa shape index (κ1) is 20.3. The quantitative estimate of drug-likeness (QED) is 0.723. The van der Waals surface area contributed by atoms with Crippen molar-refractivity contribution in [1.29, 1.82) is 0 Å². The van der Waals surface area contributed by atoms with Crippen LogP contribution in [0.1, 0.15) is 36.8 Å². The summed E-state index contributed by atoms with van der Waals surface area (Å²) in [5.41, 5.74) is 1.76. The number of piperidine rings is 1. The Hall–Kier alpha value is -2.46. The Kier molecular flexibility index (Phi) is 7.80. The first-order valence-electron chi connectivity index (χ1n) is 10.1. The van der Waals surface area contributed by atoms with Crippen LogP contribution in [-0.4, -0.2) is 30.4 Å². The average molecular weight is 381 g/mol. The van der Waals surface area contributed by atoms with Gasteiger partial charge in [0, 0.05) is 31.6 Å². The zero-order chi connectivity index (χ0) is 19.6. The summed E-state index contributed by atoms with van der Waals surface area (Å²) >= 11 is 0. The molecule has 4 heteroatoms. The minimum absolute atomic E-state index is 0.00403. The summed E-state index contributed by atoms with van der Waals surface area (Å²) in [6.07, 6.45) is 8.15. The van der Waals surface area contributed by atoms with Crippen LogP contribution in [0.4, 0.5) is 4.39 Å². The lowest BCUT2D eigenvalue weighted by Crippen LogP contribution is -2.36. The summed E-state index contributed by atoms with van der Waals surface area (Å²) in [4.78, 5) is 14.6. The smallest absolute Gasteiger partial charge is 0.220 e. The standard InChI is InChI=1S/C24H29FN2O/c25-23-13-5-4-12-22(23)18-26-24(28)15-14-21-11-7-17-27(19-21)16-6-10-20-8-2-1-3-9-20/h1-6,8-10,12-13,21H,7,11,14-19H2,(H,26,28)/b10-6+/t21-/m1/s1. The molecule has 0 aromatic heterocycles. The maximum atomic E-state index is 13.6. The third kappa shape index (κ3) is 6.61. The zero-order valence-corrected chi connectivity index (χ0v) is 16.3. The van der Waals surface area contributed by atoms with E-state index in [2.05, 4.69) is 34.5 Å². The van der Waals surface area contributed by atoms with Crippen molar-refractivity contribution in [3.8, 4) is 0 Å². The molecule has 2 aromatic rings. The van der Waals surface area contributed by atoms with Crippen LogP contribution in [0.5, 0.6) is 0 Å². The van der Waals surface area contributed by atoms with E-state index in [0.29, 0.717) is 17.9 Å². The van der Waals surface area contributed by atoms with Crippen molar-refractivity contribution in [3.63, 3.8) is 0 Å². The highest BCUT2D eigenvalue weighted by Gasteiger charge is 2.19. The van der Waals surface area contributed by atoms with E-state index in [4.69, 9.17) is 0 Å². The van der Waals surface area contributed by atoms with Crippen LogP contribution in [-0.2, 0) is 11.3 Å². The molecule has 1 fully saturated rings. The number of nitrogens with one attached hydrogen (secondary N) is 1. The van der Waals surface area contributed by atoms with E-state index in [9.17, 15) is 9.18 Å². The molecule has 3 rings (SSSR count). The van der Waals surface area contributed by atoms with E-state index in [1.165, 1.54) is 24.5 Å². The first-order chi connectivity index (χ1) is 13.7. The third-order valence-corrected chi connectivity index (χ3v) is 5.29. The van der Waals surface area contributed by atoms with Crippen molar-refractivity contribution < 1.29 is 9.18 Å². The summed E-state index contributed by atoms with van der Waals surface area (Å²) in [6.45, 7) is 3.37. The molecule has 0 unspecified atom stereocenters. The van der Waals surface area contributed by atoms with Gasteiger partial charge in [0.25, 0.3) is 0 Å². The lowest BCUT2D eigenvalue weighted by Gasteiger charge is -2.31. The molecule has 1 amide bonds. The van der Waals surface area contributed by atoms with Crippen LogP contribution < -0.4 is 5.32 Å². The van der Waals surface area contributed by atoms with Gasteiger partial charge >= 0.3 is 0 Å². The minimum Gasteiger partial charge on any atom is -0.352 e. The van der Waals surface area contributed by atoms with E-state index in [1.54, 1.807) is 18.2 Å². The van der Waals surface area contributed by atoms with E-state index in [-0.39, 0.29) is 18.3 Å². The number of benzene rings is 2. The first-order valence-corrected chi connectivity index (χ1v) is 10.1. The van der Waals surface area contributed by atoms with Gasteiger partial charge in [0.15, 0.2) is 0 Å². The maximum absolute atomic E-state index is 13.6.